The molecule has 1 aliphatic rings. The predicted octanol–water partition coefficient (Wildman–Crippen LogP) is 1.92. The molecule has 1 heterocycles. The summed E-state index contributed by atoms with van der Waals surface area (Å²) in [7, 11) is 3.03. The van der Waals surface area contributed by atoms with Crippen LogP contribution in [0.3, 0.4) is 0 Å². The van der Waals surface area contributed by atoms with E-state index in [2.05, 4.69) is 5.43 Å². The summed E-state index contributed by atoms with van der Waals surface area (Å²) in [6.07, 6.45) is -0.00572. The first-order chi connectivity index (χ1) is 9.60. The number of benzene rings is 1. The van der Waals surface area contributed by atoms with Crippen LogP contribution in [0.4, 0.5) is 5.69 Å². The van der Waals surface area contributed by atoms with Crippen molar-refractivity contribution >= 4 is 23.2 Å². The van der Waals surface area contributed by atoms with Gasteiger partial charge in [0.25, 0.3) is 0 Å². The first-order valence-electron chi connectivity index (χ1n) is 5.71. The zero-order valence-electron chi connectivity index (χ0n) is 10.9. The van der Waals surface area contributed by atoms with Gasteiger partial charge < -0.3 is 9.47 Å². The lowest BCUT2D eigenvalue weighted by Crippen LogP contribution is -2.45. The van der Waals surface area contributed by atoms with Gasteiger partial charge in [-0.1, -0.05) is 11.6 Å². The van der Waals surface area contributed by atoms with Crippen LogP contribution in [0.5, 0.6) is 11.5 Å². The maximum Gasteiger partial charge on any atom is 0.244 e. The van der Waals surface area contributed by atoms with Crippen LogP contribution in [0.2, 0.25) is 0 Å². The highest BCUT2D eigenvalue weighted by Gasteiger charge is 2.25. The Balaban J connectivity index is 2.47. The van der Waals surface area contributed by atoms with Crippen molar-refractivity contribution in [2.75, 3.05) is 19.2 Å². The smallest absolute Gasteiger partial charge is 0.244 e. The Bertz CT molecular complexity index is 622. The standard InChI is InChI=1S/C13H12ClN3O3/c1-19-11-4-3-8(5-12(11)20-2)17-10(7-15)9(14)6-13(18)16-17/h3-5H,6H2,1-2H3,(H,16,18). The van der Waals surface area contributed by atoms with Gasteiger partial charge in [-0.2, -0.15) is 5.26 Å². The molecule has 0 aliphatic carbocycles. The predicted molar refractivity (Wildman–Crippen MR) is 73.3 cm³/mol. The average Bonchev–Trinajstić information content (AvgIpc) is 2.45. The monoisotopic (exact) mass is 293 g/mol. The molecule has 1 aromatic carbocycles. The quantitative estimate of drug-likeness (QED) is 0.921. The number of hydrazine groups is 1. The zero-order valence-corrected chi connectivity index (χ0v) is 11.7. The molecule has 20 heavy (non-hydrogen) atoms. The summed E-state index contributed by atoms with van der Waals surface area (Å²) < 4.78 is 10.3. The number of methoxy groups -OCH3 is 2. The third-order valence-electron chi connectivity index (χ3n) is 2.76. The molecule has 1 N–H and O–H groups in total. The van der Waals surface area contributed by atoms with Crippen molar-refractivity contribution in [3.05, 3.63) is 28.9 Å². The second-order valence-corrected chi connectivity index (χ2v) is 4.41. The van der Waals surface area contributed by atoms with E-state index in [4.69, 9.17) is 26.3 Å². The van der Waals surface area contributed by atoms with E-state index in [9.17, 15) is 4.79 Å². The van der Waals surface area contributed by atoms with Gasteiger partial charge in [-0.3, -0.25) is 10.2 Å². The van der Waals surface area contributed by atoms with Gasteiger partial charge in [0.1, 0.15) is 6.07 Å². The molecular formula is C13H12ClN3O3. The number of halogens is 1. The fourth-order valence-electron chi connectivity index (χ4n) is 1.83. The molecule has 0 spiro atoms. The molecule has 0 saturated heterocycles. The van der Waals surface area contributed by atoms with Crippen LogP contribution in [0, 0.1) is 11.3 Å². The second-order valence-electron chi connectivity index (χ2n) is 3.95. The first-order valence-corrected chi connectivity index (χ1v) is 6.09. The maximum atomic E-state index is 11.6. The van der Waals surface area contributed by atoms with E-state index >= 15 is 0 Å². The molecule has 0 fully saturated rings. The van der Waals surface area contributed by atoms with Crippen LogP contribution in [0.1, 0.15) is 6.42 Å². The molecule has 2 rings (SSSR count). The number of hydrogen-bond donors (Lipinski definition) is 1. The molecular weight excluding hydrogens is 282 g/mol. The number of ether oxygens (including phenoxy) is 2. The normalized spacial score (nSPS) is 14.7. The highest BCUT2D eigenvalue weighted by Crippen LogP contribution is 2.34. The maximum absolute atomic E-state index is 11.6. The molecule has 0 atom stereocenters. The van der Waals surface area contributed by atoms with E-state index < -0.39 is 0 Å². The second kappa shape index (κ2) is 5.72. The van der Waals surface area contributed by atoms with Crippen molar-refractivity contribution in [2.24, 2.45) is 0 Å². The van der Waals surface area contributed by atoms with Gasteiger partial charge in [0.2, 0.25) is 5.91 Å². The molecule has 6 nitrogen and oxygen atoms in total. The number of nitrogens with zero attached hydrogens (tertiary/aromatic N) is 2. The summed E-state index contributed by atoms with van der Waals surface area (Å²) >= 11 is 5.95. The molecule has 7 heteroatoms. The highest BCUT2D eigenvalue weighted by atomic mass is 35.5. The lowest BCUT2D eigenvalue weighted by molar-refractivity contribution is -0.120. The Labute approximate surface area is 121 Å². The molecule has 0 saturated carbocycles. The van der Waals surface area contributed by atoms with Crippen molar-refractivity contribution in [3.8, 4) is 17.6 Å². The minimum absolute atomic E-state index is 0.00572. The van der Waals surface area contributed by atoms with Crippen molar-refractivity contribution in [1.82, 2.24) is 5.43 Å². The third kappa shape index (κ3) is 2.49. The van der Waals surface area contributed by atoms with E-state index in [0.29, 0.717) is 17.2 Å². The van der Waals surface area contributed by atoms with Gasteiger partial charge in [-0.15, -0.1) is 0 Å². The summed E-state index contributed by atoms with van der Waals surface area (Å²) in [4.78, 5) is 11.6. The van der Waals surface area contributed by atoms with E-state index in [1.165, 1.54) is 19.2 Å². The summed E-state index contributed by atoms with van der Waals surface area (Å²) in [6.45, 7) is 0. The third-order valence-corrected chi connectivity index (χ3v) is 3.08. The number of nitrogens with one attached hydrogen (secondary N) is 1. The first kappa shape index (κ1) is 14.0. The number of carbonyl (C=O) groups excluding carboxylic acids is 1. The van der Waals surface area contributed by atoms with Crippen molar-refractivity contribution in [2.45, 2.75) is 6.42 Å². The van der Waals surface area contributed by atoms with Crippen molar-refractivity contribution in [3.63, 3.8) is 0 Å². The van der Waals surface area contributed by atoms with Crippen LogP contribution < -0.4 is 19.9 Å². The molecule has 0 radical (unpaired) electrons. The summed E-state index contributed by atoms with van der Waals surface area (Å²) in [6, 6.07) is 6.99. The van der Waals surface area contributed by atoms with Crippen LogP contribution in [0.25, 0.3) is 0 Å². The molecule has 1 aromatic rings. The molecule has 0 aromatic heterocycles. The molecule has 0 unspecified atom stereocenters. The topological polar surface area (TPSA) is 74.6 Å². The lowest BCUT2D eigenvalue weighted by Gasteiger charge is -2.29. The van der Waals surface area contributed by atoms with Gasteiger partial charge in [-0.25, -0.2) is 5.01 Å². The Morgan fingerprint density at radius 1 is 1.35 bits per heavy atom. The van der Waals surface area contributed by atoms with E-state index in [1.54, 1.807) is 18.2 Å². The van der Waals surface area contributed by atoms with Crippen LogP contribution in [-0.4, -0.2) is 20.1 Å². The number of amides is 1. The molecule has 104 valence electrons. The average molecular weight is 294 g/mol. The lowest BCUT2D eigenvalue weighted by atomic mass is 10.2. The number of rotatable bonds is 3. The number of anilines is 1. The fourth-order valence-corrected chi connectivity index (χ4v) is 2.08. The van der Waals surface area contributed by atoms with Gasteiger partial charge in [-0.05, 0) is 12.1 Å². The Kier molecular flexibility index (Phi) is 4.01. The van der Waals surface area contributed by atoms with Crippen molar-refractivity contribution in [1.29, 1.82) is 5.26 Å². The van der Waals surface area contributed by atoms with Crippen LogP contribution in [0.15, 0.2) is 28.9 Å². The van der Waals surface area contributed by atoms with E-state index in [1.807, 2.05) is 6.07 Å². The van der Waals surface area contributed by atoms with Crippen molar-refractivity contribution < 1.29 is 14.3 Å². The number of allylic oxidation sites excluding steroid dienone is 1. The molecule has 1 aliphatic heterocycles. The summed E-state index contributed by atoms with van der Waals surface area (Å²) in [5.41, 5.74) is 3.31. The van der Waals surface area contributed by atoms with E-state index in [-0.39, 0.29) is 23.1 Å². The number of carbonyl (C=O) groups is 1. The van der Waals surface area contributed by atoms with Gasteiger partial charge in [0.05, 0.1) is 31.4 Å². The number of hydrogen-bond acceptors (Lipinski definition) is 5. The largest absolute Gasteiger partial charge is 0.493 e. The summed E-state index contributed by atoms with van der Waals surface area (Å²) in [5.74, 6) is 0.746. The zero-order chi connectivity index (χ0) is 14.7. The van der Waals surface area contributed by atoms with Gasteiger partial charge in [0, 0.05) is 6.07 Å². The Morgan fingerprint density at radius 2 is 2.05 bits per heavy atom. The number of nitriles is 1. The fraction of sp³-hybridized carbons (Fsp3) is 0.231. The van der Waals surface area contributed by atoms with E-state index in [0.717, 1.165) is 0 Å². The minimum Gasteiger partial charge on any atom is -0.493 e. The van der Waals surface area contributed by atoms with Crippen LogP contribution in [-0.2, 0) is 4.79 Å². The molecule has 1 amide bonds. The van der Waals surface area contributed by atoms with Gasteiger partial charge in [0.15, 0.2) is 17.2 Å². The Morgan fingerprint density at radius 3 is 2.65 bits per heavy atom. The summed E-state index contributed by atoms with van der Waals surface area (Å²) in [5, 5.41) is 10.7. The SMILES string of the molecule is COc1ccc(N2NC(=O)CC(Cl)=C2C#N)cc1OC. The molecule has 0 bridgehead atoms. The highest BCUT2D eigenvalue weighted by molar-refractivity contribution is 6.32. The van der Waals surface area contributed by atoms with Gasteiger partial charge >= 0.3 is 0 Å². The van der Waals surface area contributed by atoms with Crippen LogP contribution >= 0.6 is 11.6 Å². The Hall–Kier alpha value is -2.39. The minimum atomic E-state index is -0.288.